The maximum atomic E-state index is 5.25. The highest BCUT2D eigenvalue weighted by Crippen LogP contribution is 2.41. The number of aromatic nitrogens is 1. The molecule has 1 nitrogen and oxygen atoms in total. The fourth-order valence-electron chi connectivity index (χ4n) is 5.60. The van der Waals surface area contributed by atoms with Gasteiger partial charge in [-0.15, -0.1) is 11.3 Å². The SMILES string of the molecule is Cc1cc(CC(C)C)cc(C)c1-c1cc(-c2cc(C(C)(C)C)c3ccccc3c2)nc2c(C)csc12. The molecule has 0 N–H and O–H groups in total. The lowest BCUT2D eigenvalue weighted by Crippen LogP contribution is -2.12. The molecule has 0 fully saturated rings. The van der Waals surface area contributed by atoms with Crippen molar-refractivity contribution >= 4 is 32.3 Å². The molecule has 2 heteroatoms. The second-order valence-electron chi connectivity index (χ2n) is 11.8. The normalized spacial score (nSPS) is 12.2. The highest BCUT2D eigenvalue weighted by molar-refractivity contribution is 7.18. The largest absolute Gasteiger partial charge is 0.247 e. The Labute approximate surface area is 220 Å². The van der Waals surface area contributed by atoms with E-state index in [1.165, 1.54) is 60.0 Å². The highest BCUT2D eigenvalue weighted by atomic mass is 32.1. The summed E-state index contributed by atoms with van der Waals surface area (Å²) in [4.78, 5) is 5.25. The number of rotatable bonds is 4. The smallest absolute Gasteiger partial charge is 0.0852 e. The maximum Gasteiger partial charge on any atom is 0.0852 e. The molecule has 2 heterocycles. The van der Waals surface area contributed by atoms with Crippen LogP contribution in [0.3, 0.4) is 0 Å². The van der Waals surface area contributed by atoms with Crippen molar-refractivity contribution in [3.05, 3.63) is 87.8 Å². The third kappa shape index (κ3) is 4.48. The Hall–Kier alpha value is -2.97. The molecule has 0 radical (unpaired) electrons. The van der Waals surface area contributed by atoms with Crippen molar-refractivity contribution in [2.45, 2.75) is 67.2 Å². The van der Waals surface area contributed by atoms with Crippen molar-refractivity contribution in [2.24, 2.45) is 5.92 Å². The van der Waals surface area contributed by atoms with Crippen LogP contribution in [0.25, 0.3) is 43.4 Å². The topological polar surface area (TPSA) is 12.9 Å². The molecule has 0 bridgehead atoms. The Morgan fingerprint density at radius 2 is 1.56 bits per heavy atom. The van der Waals surface area contributed by atoms with Gasteiger partial charge in [0.15, 0.2) is 0 Å². The Balaban J connectivity index is 1.78. The summed E-state index contributed by atoms with van der Waals surface area (Å²) >= 11 is 1.82. The minimum atomic E-state index is 0.0419. The third-order valence-corrected chi connectivity index (χ3v) is 8.29. The van der Waals surface area contributed by atoms with E-state index >= 15 is 0 Å². The minimum absolute atomic E-state index is 0.0419. The van der Waals surface area contributed by atoms with Gasteiger partial charge in [-0.05, 0) is 106 Å². The third-order valence-electron chi connectivity index (χ3n) is 7.17. The first-order chi connectivity index (χ1) is 17.0. The summed E-state index contributed by atoms with van der Waals surface area (Å²) in [6, 6.07) is 20.6. The van der Waals surface area contributed by atoms with Gasteiger partial charge >= 0.3 is 0 Å². The van der Waals surface area contributed by atoms with Crippen molar-refractivity contribution in [1.82, 2.24) is 4.98 Å². The van der Waals surface area contributed by atoms with Crippen LogP contribution in [-0.2, 0) is 11.8 Å². The van der Waals surface area contributed by atoms with Crippen molar-refractivity contribution in [3.63, 3.8) is 0 Å². The number of benzene rings is 3. The van der Waals surface area contributed by atoms with E-state index in [1.807, 2.05) is 11.3 Å². The Kier molecular flexibility index (Phi) is 6.29. The van der Waals surface area contributed by atoms with Gasteiger partial charge in [-0.3, -0.25) is 0 Å². The van der Waals surface area contributed by atoms with E-state index in [2.05, 4.69) is 115 Å². The highest BCUT2D eigenvalue weighted by Gasteiger charge is 2.21. The van der Waals surface area contributed by atoms with Crippen LogP contribution in [0, 0.1) is 26.7 Å². The molecule has 184 valence electrons. The fourth-order valence-corrected chi connectivity index (χ4v) is 6.62. The van der Waals surface area contributed by atoms with Crippen molar-refractivity contribution in [1.29, 1.82) is 0 Å². The van der Waals surface area contributed by atoms with Gasteiger partial charge in [-0.1, -0.05) is 71.0 Å². The van der Waals surface area contributed by atoms with E-state index in [0.717, 1.165) is 17.6 Å². The lowest BCUT2D eigenvalue weighted by atomic mass is 9.82. The molecule has 0 aliphatic heterocycles. The minimum Gasteiger partial charge on any atom is -0.247 e. The molecular weight excluding hydrogens is 454 g/mol. The molecule has 2 aromatic heterocycles. The van der Waals surface area contributed by atoms with E-state index in [0.29, 0.717) is 5.92 Å². The van der Waals surface area contributed by atoms with E-state index in [4.69, 9.17) is 4.98 Å². The molecular formula is C34H37NS. The number of pyridine rings is 1. The number of hydrogen-bond acceptors (Lipinski definition) is 2. The van der Waals surface area contributed by atoms with E-state index < -0.39 is 0 Å². The zero-order valence-electron chi connectivity index (χ0n) is 22.9. The lowest BCUT2D eigenvalue weighted by molar-refractivity contribution is 0.596. The average Bonchev–Trinajstić information content (AvgIpc) is 3.17. The summed E-state index contributed by atoms with van der Waals surface area (Å²) in [5.41, 5.74) is 12.8. The fraction of sp³-hybridized carbons (Fsp3) is 0.324. The van der Waals surface area contributed by atoms with Crippen molar-refractivity contribution in [3.8, 4) is 22.4 Å². The zero-order valence-corrected chi connectivity index (χ0v) is 23.7. The summed E-state index contributed by atoms with van der Waals surface area (Å²) < 4.78 is 1.29. The van der Waals surface area contributed by atoms with Gasteiger partial charge in [0.05, 0.1) is 15.9 Å². The maximum absolute atomic E-state index is 5.25. The Morgan fingerprint density at radius 3 is 2.22 bits per heavy atom. The number of fused-ring (bicyclic) bond motifs is 2. The number of nitrogens with zero attached hydrogens (tertiary/aromatic N) is 1. The van der Waals surface area contributed by atoms with Gasteiger partial charge in [-0.25, -0.2) is 4.98 Å². The van der Waals surface area contributed by atoms with Gasteiger partial charge in [0.1, 0.15) is 0 Å². The predicted octanol–water partition coefficient (Wildman–Crippen LogP) is 10.2. The molecule has 0 unspecified atom stereocenters. The van der Waals surface area contributed by atoms with Crippen LogP contribution in [0.5, 0.6) is 0 Å². The van der Waals surface area contributed by atoms with Crippen molar-refractivity contribution in [2.75, 3.05) is 0 Å². The molecule has 3 aromatic carbocycles. The van der Waals surface area contributed by atoms with Crippen LogP contribution < -0.4 is 0 Å². The molecule has 0 saturated carbocycles. The van der Waals surface area contributed by atoms with Crippen LogP contribution in [0.2, 0.25) is 0 Å². The summed E-state index contributed by atoms with van der Waals surface area (Å²) in [7, 11) is 0. The standard InChI is InChI=1S/C34H37NS/c1-20(2)13-24-14-21(3)31(22(4)15-24)28-18-30(35-32-23(5)19-36-33(28)32)26-16-25-11-9-10-12-27(25)29(17-26)34(6,7)8/h9-12,14-20H,13H2,1-8H3. The zero-order chi connectivity index (χ0) is 25.8. The van der Waals surface area contributed by atoms with Gasteiger partial charge in [0.25, 0.3) is 0 Å². The molecule has 0 amide bonds. The van der Waals surface area contributed by atoms with Crippen molar-refractivity contribution < 1.29 is 0 Å². The average molecular weight is 492 g/mol. The first kappa shape index (κ1) is 24.7. The molecule has 0 saturated heterocycles. The van der Waals surface area contributed by atoms with E-state index in [-0.39, 0.29) is 5.41 Å². The summed E-state index contributed by atoms with van der Waals surface area (Å²) in [5, 5.41) is 4.86. The lowest BCUT2D eigenvalue weighted by Gasteiger charge is -2.23. The second kappa shape index (κ2) is 9.16. The van der Waals surface area contributed by atoms with Crippen LogP contribution in [0.4, 0.5) is 0 Å². The summed E-state index contributed by atoms with van der Waals surface area (Å²) in [6.45, 7) is 18.2. The summed E-state index contributed by atoms with van der Waals surface area (Å²) in [5.74, 6) is 0.652. The monoisotopic (exact) mass is 491 g/mol. The molecule has 0 aliphatic carbocycles. The molecule has 0 spiro atoms. The van der Waals surface area contributed by atoms with Crippen LogP contribution >= 0.6 is 11.3 Å². The van der Waals surface area contributed by atoms with Gasteiger partial charge in [0, 0.05) is 11.1 Å². The van der Waals surface area contributed by atoms with Crippen LogP contribution in [0.1, 0.15) is 62.4 Å². The Bertz CT molecular complexity index is 1570. The Morgan fingerprint density at radius 1 is 0.861 bits per heavy atom. The van der Waals surface area contributed by atoms with Gasteiger partial charge < -0.3 is 0 Å². The molecule has 36 heavy (non-hydrogen) atoms. The number of aryl methyl sites for hydroxylation is 3. The van der Waals surface area contributed by atoms with Crippen LogP contribution in [0.15, 0.2) is 60.0 Å². The molecule has 5 rings (SSSR count). The van der Waals surface area contributed by atoms with Gasteiger partial charge in [-0.2, -0.15) is 0 Å². The predicted molar refractivity (Wildman–Crippen MR) is 159 cm³/mol. The molecule has 5 aromatic rings. The van der Waals surface area contributed by atoms with Gasteiger partial charge in [0.2, 0.25) is 0 Å². The second-order valence-corrected chi connectivity index (χ2v) is 12.7. The molecule has 0 atom stereocenters. The first-order valence-electron chi connectivity index (χ1n) is 13.1. The van der Waals surface area contributed by atoms with Crippen LogP contribution in [-0.4, -0.2) is 4.98 Å². The van der Waals surface area contributed by atoms with E-state index in [1.54, 1.807) is 0 Å². The number of hydrogen-bond donors (Lipinski definition) is 0. The van der Waals surface area contributed by atoms with E-state index in [9.17, 15) is 0 Å². The summed E-state index contributed by atoms with van der Waals surface area (Å²) in [6.07, 6.45) is 1.11. The number of thiophene rings is 1. The first-order valence-corrected chi connectivity index (χ1v) is 13.9. The molecule has 0 aliphatic rings. The quantitative estimate of drug-likeness (QED) is 0.244.